The highest BCUT2D eigenvalue weighted by atomic mass is 79.9. The van der Waals surface area contributed by atoms with Gasteiger partial charge >= 0.3 is 5.97 Å². The normalized spacial score (nSPS) is 14.8. The van der Waals surface area contributed by atoms with Gasteiger partial charge in [-0.2, -0.15) is 0 Å². The maximum absolute atomic E-state index is 12.2. The third kappa shape index (κ3) is 4.26. The summed E-state index contributed by atoms with van der Waals surface area (Å²) in [7, 11) is 0. The van der Waals surface area contributed by atoms with Gasteiger partial charge in [0.25, 0.3) is 5.69 Å². The van der Waals surface area contributed by atoms with Crippen molar-refractivity contribution in [2.24, 2.45) is 4.99 Å². The van der Waals surface area contributed by atoms with E-state index < -0.39 is 10.9 Å². The summed E-state index contributed by atoms with van der Waals surface area (Å²) >= 11 is 12.9. The number of aliphatic imine (C=N–C) groups is 1. The van der Waals surface area contributed by atoms with E-state index in [1.165, 1.54) is 24.3 Å². The predicted molar refractivity (Wildman–Crippen MR) is 112 cm³/mol. The van der Waals surface area contributed by atoms with Gasteiger partial charge in [0.2, 0.25) is 5.90 Å². The third-order valence-corrected chi connectivity index (χ3v) is 5.13. The predicted octanol–water partition coefficient (Wildman–Crippen LogP) is 5.52. The van der Waals surface area contributed by atoms with Crippen LogP contribution >= 0.6 is 43.5 Å². The fourth-order valence-electron chi connectivity index (χ4n) is 2.42. The zero-order valence-electron chi connectivity index (χ0n) is 14.2. The lowest BCUT2D eigenvalue weighted by molar-refractivity contribution is -0.384. The number of nitro benzene ring substituents is 1. The highest BCUT2D eigenvalue weighted by molar-refractivity contribution is 9.11. The highest BCUT2D eigenvalue weighted by Gasteiger charge is 2.27. The first-order valence-corrected chi connectivity index (χ1v) is 9.85. The Balaban J connectivity index is 1.99. The number of carbonyl (C=O) groups is 1. The molecule has 2 aromatic carbocycles. The van der Waals surface area contributed by atoms with E-state index in [4.69, 9.17) is 21.1 Å². The molecule has 1 aliphatic rings. The molecular formula is C18H11Br2ClN2O5. The number of non-ortho nitro benzene ring substituents is 1. The summed E-state index contributed by atoms with van der Waals surface area (Å²) in [5.41, 5.74) is 0.696. The molecule has 0 saturated heterocycles. The lowest BCUT2D eigenvalue weighted by Gasteiger charge is -2.09. The smallest absolute Gasteiger partial charge is 0.363 e. The minimum atomic E-state index is -0.682. The van der Waals surface area contributed by atoms with Crippen LogP contribution in [0.1, 0.15) is 18.1 Å². The summed E-state index contributed by atoms with van der Waals surface area (Å²) in [6.07, 6.45) is 1.53. The first-order chi connectivity index (χ1) is 13.3. The van der Waals surface area contributed by atoms with Gasteiger partial charge in [0.1, 0.15) is 5.75 Å². The van der Waals surface area contributed by atoms with Crippen LogP contribution in [0.4, 0.5) is 5.69 Å². The first-order valence-electron chi connectivity index (χ1n) is 7.89. The maximum Gasteiger partial charge on any atom is 0.363 e. The summed E-state index contributed by atoms with van der Waals surface area (Å²) in [5, 5.41) is 11.2. The van der Waals surface area contributed by atoms with E-state index in [-0.39, 0.29) is 27.9 Å². The SMILES string of the molecule is CCOc1c(Br)cc(/C=C2\N=C(c3cc([N+](=O)[O-])ccc3Cl)OC2=O)cc1Br. The van der Waals surface area contributed by atoms with Gasteiger partial charge in [-0.15, -0.1) is 0 Å². The zero-order chi connectivity index (χ0) is 20.4. The standard InChI is InChI=1S/C18H11Br2ClN2O5/c1-2-27-16-12(19)5-9(6-13(16)20)7-15-18(24)28-17(22-15)11-8-10(23(25)26)3-4-14(11)21/h3-8H,2H2,1H3/b15-7-. The number of nitro groups is 1. The van der Waals surface area contributed by atoms with Gasteiger partial charge in [-0.25, -0.2) is 9.79 Å². The molecule has 3 rings (SSSR count). The number of hydrogen-bond acceptors (Lipinski definition) is 6. The summed E-state index contributed by atoms with van der Waals surface area (Å²) < 4.78 is 12.1. The van der Waals surface area contributed by atoms with Crippen molar-refractivity contribution >= 4 is 67.1 Å². The van der Waals surface area contributed by atoms with Crippen molar-refractivity contribution in [3.63, 3.8) is 0 Å². The molecular weight excluding hydrogens is 519 g/mol. The second-order valence-electron chi connectivity index (χ2n) is 5.50. The number of nitrogens with zero attached hydrogens (tertiary/aromatic N) is 2. The zero-order valence-corrected chi connectivity index (χ0v) is 18.2. The first kappa shape index (κ1) is 20.5. The van der Waals surface area contributed by atoms with Crippen molar-refractivity contribution in [3.05, 3.63) is 71.2 Å². The maximum atomic E-state index is 12.2. The van der Waals surface area contributed by atoms with Crippen LogP contribution in [-0.2, 0) is 9.53 Å². The van der Waals surface area contributed by atoms with Gasteiger partial charge in [-0.3, -0.25) is 10.1 Å². The molecule has 1 heterocycles. The Morgan fingerprint density at radius 3 is 2.57 bits per heavy atom. The molecule has 0 unspecified atom stereocenters. The monoisotopic (exact) mass is 528 g/mol. The van der Waals surface area contributed by atoms with Crippen LogP contribution in [0, 0.1) is 10.1 Å². The Bertz CT molecular complexity index is 1030. The number of esters is 1. The lowest BCUT2D eigenvalue weighted by atomic mass is 10.2. The summed E-state index contributed by atoms with van der Waals surface area (Å²) in [5.74, 6) is -0.126. The molecule has 144 valence electrons. The molecule has 0 spiro atoms. The van der Waals surface area contributed by atoms with E-state index in [1.807, 2.05) is 6.92 Å². The highest BCUT2D eigenvalue weighted by Crippen LogP contribution is 2.36. The van der Waals surface area contributed by atoms with E-state index in [2.05, 4.69) is 36.9 Å². The molecule has 7 nitrogen and oxygen atoms in total. The molecule has 0 aliphatic carbocycles. The van der Waals surface area contributed by atoms with Crippen LogP contribution in [0.5, 0.6) is 5.75 Å². The van der Waals surface area contributed by atoms with Gasteiger partial charge in [0.15, 0.2) is 5.70 Å². The number of rotatable bonds is 5. The van der Waals surface area contributed by atoms with Gasteiger partial charge in [0, 0.05) is 12.1 Å². The largest absolute Gasteiger partial charge is 0.492 e. The van der Waals surface area contributed by atoms with Crippen molar-refractivity contribution in [3.8, 4) is 5.75 Å². The summed E-state index contributed by atoms with van der Waals surface area (Å²) in [4.78, 5) is 26.8. The Hall–Kier alpha value is -2.23. The topological polar surface area (TPSA) is 91.0 Å². The minimum Gasteiger partial charge on any atom is -0.492 e. The van der Waals surface area contributed by atoms with Crippen LogP contribution in [0.15, 0.2) is 50.0 Å². The number of hydrogen-bond donors (Lipinski definition) is 0. The molecule has 0 saturated carbocycles. The molecule has 28 heavy (non-hydrogen) atoms. The molecule has 0 atom stereocenters. The number of cyclic esters (lactones) is 1. The Kier molecular flexibility index (Phi) is 6.17. The summed E-state index contributed by atoms with van der Waals surface area (Å²) in [6.45, 7) is 2.38. The number of carbonyl (C=O) groups excluding carboxylic acids is 1. The van der Waals surface area contributed by atoms with Crippen molar-refractivity contribution in [2.75, 3.05) is 6.61 Å². The van der Waals surface area contributed by atoms with E-state index in [0.717, 1.165) is 0 Å². The van der Waals surface area contributed by atoms with E-state index in [0.29, 0.717) is 26.9 Å². The summed E-state index contributed by atoms with van der Waals surface area (Å²) in [6, 6.07) is 7.36. The average Bonchev–Trinajstić information content (AvgIpc) is 2.98. The lowest BCUT2D eigenvalue weighted by Crippen LogP contribution is -2.06. The molecule has 0 N–H and O–H groups in total. The van der Waals surface area contributed by atoms with Crippen LogP contribution in [-0.4, -0.2) is 23.4 Å². The van der Waals surface area contributed by atoms with Crippen LogP contribution in [0.2, 0.25) is 5.02 Å². The van der Waals surface area contributed by atoms with Crippen LogP contribution in [0.25, 0.3) is 6.08 Å². The van der Waals surface area contributed by atoms with Crippen LogP contribution < -0.4 is 4.74 Å². The number of benzene rings is 2. The molecule has 0 radical (unpaired) electrons. The Labute approximate surface area is 181 Å². The Morgan fingerprint density at radius 1 is 1.29 bits per heavy atom. The van der Waals surface area contributed by atoms with Crippen molar-refractivity contribution in [1.82, 2.24) is 0 Å². The van der Waals surface area contributed by atoms with Gasteiger partial charge in [-0.05, 0) is 68.6 Å². The van der Waals surface area contributed by atoms with Crippen molar-refractivity contribution in [1.29, 1.82) is 0 Å². The average molecular weight is 531 g/mol. The van der Waals surface area contributed by atoms with Crippen LogP contribution in [0.3, 0.4) is 0 Å². The van der Waals surface area contributed by atoms with Crippen molar-refractivity contribution < 1.29 is 19.2 Å². The number of ether oxygens (including phenoxy) is 2. The number of halogens is 3. The van der Waals surface area contributed by atoms with Gasteiger partial charge in [-0.1, -0.05) is 11.6 Å². The second kappa shape index (κ2) is 8.42. The Morgan fingerprint density at radius 2 is 1.96 bits per heavy atom. The van der Waals surface area contributed by atoms with Crippen molar-refractivity contribution in [2.45, 2.75) is 6.92 Å². The fourth-order valence-corrected chi connectivity index (χ4v) is 4.07. The van der Waals surface area contributed by atoms with Gasteiger partial charge < -0.3 is 9.47 Å². The molecule has 0 amide bonds. The molecule has 1 aliphatic heterocycles. The molecule has 2 aromatic rings. The minimum absolute atomic E-state index is 0.0422. The van der Waals surface area contributed by atoms with E-state index in [1.54, 1.807) is 12.1 Å². The second-order valence-corrected chi connectivity index (χ2v) is 7.62. The molecule has 0 bridgehead atoms. The van der Waals surface area contributed by atoms with E-state index in [9.17, 15) is 14.9 Å². The van der Waals surface area contributed by atoms with Gasteiger partial charge in [0.05, 0.1) is 31.1 Å². The molecule has 10 heteroatoms. The molecule has 0 fully saturated rings. The quantitative estimate of drug-likeness (QED) is 0.220. The fraction of sp³-hybridized carbons (Fsp3) is 0.111. The molecule has 0 aromatic heterocycles. The van der Waals surface area contributed by atoms with E-state index >= 15 is 0 Å². The third-order valence-electron chi connectivity index (χ3n) is 3.62.